The number of fused-ring (bicyclic) bond motifs is 1. The lowest BCUT2D eigenvalue weighted by Gasteiger charge is -2.36. The van der Waals surface area contributed by atoms with Gasteiger partial charge in [-0.1, -0.05) is 11.6 Å². The van der Waals surface area contributed by atoms with E-state index < -0.39 is 23.8 Å². The molecule has 3 heterocycles. The molecule has 0 spiro atoms. The number of halogens is 4. The van der Waals surface area contributed by atoms with Crippen LogP contribution in [0.4, 0.5) is 19.1 Å². The van der Waals surface area contributed by atoms with Gasteiger partial charge < -0.3 is 19.7 Å². The third-order valence-corrected chi connectivity index (χ3v) is 7.05. The highest BCUT2D eigenvalue weighted by molar-refractivity contribution is 6.33. The maximum atomic E-state index is 15.3. The van der Waals surface area contributed by atoms with Crippen molar-refractivity contribution in [2.24, 2.45) is 0 Å². The van der Waals surface area contributed by atoms with Crippen LogP contribution in [0.3, 0.4) is 0 Å². The maximum absolute atomic E-state index is 15.3. The Balaban J connectivity index is 1.56. The van der Waals surface area contributed by atoms with Gasteiger partial charge in [0, 0.05) is 24.6 Å². The number of hydrogen-bond donors (Lipinski definition) is 2. The first-order chi connectivity index (χ1) is 16.7. The number of nitrogens with zero attached hydrogens (tertiary/aromatic N) is 4. The van der Waals surface area contributed by atoms with E-state index in [0.29, 0.717) is 30.5 Å². The molecule has 1 aliphatic heterocycles. The molecule has 1 unspecified atom stereocenters. The first-order valence-electron chi connectivity index (χ1n) is 11.8. The van der Waals surface area contributed by atoms with Crippen LogP contribution in [-0.4, -0.2) is 55.9 Å². The van der Waals surface area contributed by atoms with E-state index in [2.05, 4.69) is 20.3 Å². The van der Waals surface area contributed by atoms with Gasteiger partial charge in [0.25, 0.3) is 5.92 Å². The van der Waals surface area contributed by atoms with Gasteiger partial charge in [0.15, 0.2) is 5.82 Å². The van der Waals surface area contributed by atoms with Gasteiger partial charge in [-0.15, -0.1) is 0 Å². The Labute approximate surface area is 205 Å². The Morgan fingerprint density at radius 3 is 2.74 bits per heavy atom. The molecule has 2 aromatic heterocycles. The molecule has 3 atom stereocenters. The molecule has 1 aromatic carbocycles. The molecule has 0 amide bonds. The minimum absolute atomic E-state index is 0.0465. The van der Waals surface area contributed by atoms with Gasteiger partial charge in [0.2, 0.25) is 5.95 Å². The maximum Gasteiger partial charge on any atom is 0.257 e. The summed E-state index contributed by atoms with van der Waals surface area (Å²) in [5, 5.41) is 13.7. The van der Waals surface area contributed by atoms with Crippen molar-refractivity contribution in [1.82, 2.24) is 19.5 Å². The van der Waals surface area contributed by atoms with Crippen LogP contribution in [0.5, 0.6) is 0 Å². The lowest BCUT2D eigenvalue weighted by atomic mass is 9.80. The lowest BCUT2D eigenvalue weighted by molar-refractivity contribution is -0.0999. The third-order valence-electron chi connectivity index (χ3n) is 6.77. The molecular weight excluding hydrogens is 483 g/mol. The zero-order chi connectivity index (χ0) is 24.9. The number of anilines is 1. The van der Waals surface area contributed by atoms with Crippen molar-refractivity contribution in [3.8, 4) is 11.3 Å². The fourth-order valence-corrected chi connectivity index (χ4v) is 5.01. The molecule has 2 aliphatic rings. The Bertz CT molecular complexity index is 1250. The summed E-state index contributed by atoms with van der Waals surface area (Å²) in [4.78, 5) is 13.0. The van der Waals surface area contributed by atoms with Crippen LogP contribution in [0.1, 0.15) is 57.3 Å². The van der Waals surface area contributed by atoms with Crippen LogP contribution >= 0.6 is 11.6 Å². The van der Waals surface area contributed by atoms with E-state index in [0.717, 1.165) is 6.42 Å². The van der Waals surface area contributed by atoms with Gasteiger partial charge in [-0.3, -0.25) is 0 Å². The number of aliphatic hydroxyl groups excluding tert-OH is 1. The molecule has 5 rings (SSSR count). The highest BCUT2D eigenvalue weighted by Crippen LogP contribution is 2.50. The summed E-state index contributed by atoms with van der Waals surface area (Å²) < 4.78 is 50.8. The van der Waals surface area contributed by atoms with Crippen LogP contribution in [0, 0.1) is 5.82 Å². The van der Waals surface area contributed by atoms with E-state index in [4.69, 9.17) is 16.3 Å². The van der Waals surface area contributed by atoms with Crippen LogP contribution in [0.25, 0.3) is 22.3 Å². The second-order valence-electron chi connectivity index (χ2n) is 9.54. The van der Waals surface area contributed by atoms with Crippen molar-refractivity contribution in [2.45, 2.75) is 69.6 Å². The molecule has 1 saturated heterocycles. The molecule has 3 aromatic rings. The lowest BCUT2D eigenvalue weighted by Crippen LogP contribution is -2.38. The standard InChI is InChI=1S/C24H27ClF3N5O2/c1-12(2)33-18-9-13(8-16(26)21(18)31-22(33)14-5-6-24(14,27)28)20-15(25)10-29-23(32-20)30-17-4-3-7-35-11-19(17)34/h8-10,12,14,17,19,34H,3-7,11H2,1-2H3,(H,29,30,32)/t14?,17-,19-/m1/s1. The van der Waals surface area contributed by atoms with E-state index in [1.54, 1.807) is 10.6 Å². The normalized spacial score (nSPS) is 24.4. The average Bonchev–Trinajstić information content (AvgIpc) is 3.05. The van der Waals surface area contributed by atoms with E-state index in [-0.39, 0.29) is 53.1 Å². The second-order valence-corrected chi connectivity index (χ2v) is 9.94. The molecule has 2 fully saturated rings. The molecule has 0 bridgehead atoms. The number of imidazole rings is 1. The fraction of sp³-hybridized carbons (Fsp3) is 0.542. The molecule has 1 aliphatic carbocycles. The van der Waals surface area contributed by atoms with Crippen molar-refractivity contribution >= 4 is 28.6 Å². The Morgan fingerprint density at radius 2 is 2.06 bits per heavy atom. The van der Waals surface area contributed by atoms with Gasteiger partial charge in [-0.05, 0) is 45.2 Å². The number of aromatic nitrogens is 4. The van der Waals surface area contributed by atoms with Crippen molar-refractivity contribution in [2.75, 3.05) is 18.5 Å². The number of benzene rings is 1. The second kappa shape index (κ2) is 9.22. The van der Waals surface area contributed by atoms with Gasteiger partial charge in [-0.25, -0.2) is 28.1 Å². The number of hydrogen-bond acceptors (Lipinski definition) is 6. The highest BCUT2D eigenvalue weighted by Gasteiger charge is 2.51. The molecule has 1 saturated carbocycles. The van der Waals surface area contributed by atoms with Crippen LogP contribution in [0.15, 0.2) is 18.3 Å². The minimum atomic E-state index is -2.85. The van der Waals surface area contributed by atoms with Crippen LogP contribution in [0.2, 0.25) is 5.02 Å². The predicted molar refractivity (Wildman–Crippen MR) is 127 cm³/mol. The molecule has 0 radical (unpaired) electrons. The third kappa shape index (κ3) is 4.47. The Morgan fingerprint density at radius 1 is 1.26 bits per heavy atom. The number of ether oxygens (including phenoxy) is 1. The topological polar surface area (TPSA) is 85.1 Å². The largest absolute Gasteiger partial charge is 0.389 e. The summed E-state index contributed by atoms with van der Waals surface area (Å²) >= 11 is 6.39. The minimum Gasteiger partial charge on any atom is -0.389 e. The van der Waals surface area contributed by atoms with Crippen LogP contribution < -0.4 is 5.32 Å². The number of alkyl halides is 2. The number of rotatable bonds is 5. The number of nitrogens with one attached hydrogen (secondary N) is 1. The number of aliphatic hydroxyl groups is 1. The summed E-state index contributed by atoms with van der Waals surface area (Å²) in [5.41, 5.74) is 1.12. The van der Waals surface area contributed by atoms with Crippen LogP contribution in [-0.2, 0) is 4.74 Å². The SMILES string of the molecule is CC(C)n1c(C2CCC2(F)F)nc2c(F)cc(-c3nc(N[C@@H]4CCCOC[C@H]4O)ncc3Cl)cc21. The van der Waals surface area contributed by atoms with Crippen molar-refractivity contribution in [1.29, 1.82) is 0 Å². The Kier molecular flexibility index (Phi) is 6.39. The predicted octanol–water partition coefficient (Wildman–Crippen LogP) is 5.33. The van der Waals surface area contributed by atoms with E-state index >= 15 is 4.39 Å². The summed E-state index contributed by atoms with van der Waals surface area (Å²) in [6, 6.07) is 2.42. The van der Waals surface area contributed by atoms with Gasteiger partial charge in [0.1, 0.15) is 11.3 Å². The van der Waals surface area contributed by atoms with Crippen molar-refractivity contribution < 1.29 is 23.0 Å². The van der Waals surface area contributed by atoms with Crippen molar-refractivity contribution in [3.05, 3.63) is 35.0 Å². The van der Waals surface area contributed by atoms with E-state index in [1.165, 1.54) is 12.3 Å². The zero-order valence-electron chi connectivity index (χ0n) is 19.4. The monoisotopic (exact) mass is 509 g/mol. The molecule has 35 heavy (non-hydrogen) atoms. The summed E-state index contributed by atoms with van der Waals surface area (Å²) in [5.74, 6) is -4.08. The quantitative estimate of drug-likeness (QED) is 0.483. The smallest absolute Gasteiger partial charge is 0.257 e. The fourth-order valence-electron chi connectivity index (χ4n) is 4.81. The summed E-state index contributed by atoms with van der Waals surface area (Å²) in [6.07, 6.45) is 2.25. The summed E-state index contributed by atoms with van der Waals surface area (Å²) in [6.45, 7) is 4.49. The van der Waals surface area contributed by atoms with E-state index in [9.17, 15) is 13.9 Å². The van der Waals surface area contributed by atoms with Crippen molar-refractivity contribution in [3.63, 3.8) is 0 Å². The molecule has 188 valence electrons. The molecule has 2 N–H and O–H groups in total. The first-order valence-corrected chi connectivity index (χ1v) is 12.2. The zero-order valence-corrected chi connectivity index (χ0v) is 20.2. The highest BCUT2D eigenvalue weighted by atomic mass is 35.5. The molecular formula is C24H27ClF3N5O2. The molecule has 7 nitrogen and oxygen atoms in total. The van der Waals surface area contributed by atoms with Gasteiger partial charge in [-0.2, -0.15) is 0 Å². The first kappa shape index (κ1) is 24.3. The van der Waals surface area contributed by atoms with E-state index in [1.807, 2.05) is 13.8 Å². The summed E-state index contributed by atoms with van der Waals surface area (Å²) in [7, 11) is 0. The Hall–Kier alpha value is -2.43. The van der Waals surface area contributed by atoms with Gasteiger partial charge >= 0.3 is 0 Å². The average molecular weight is 510 g/mol. The molecule has 11 heteroatoms. The van der Waals surface area contributed by atoms with Gasteiger partial charge in [0.05, 0.1) is 47.1 Å².